The minimum Gasteiger partial charge on any atom is -0.396 e. The second-order valence-electron chi connectivity index (χ2n) is 3.34. The first-order valence-corrected chi connectivity index (χ1v) is 6.53. The van der Waals surface area contributed by atoms with Crippen molar-refractivity contribution in [3.8, 4) is 0 Å². The summed E-state index contributed by atoms with van der Waals surface area (Å²) in [5.74, 6) is 1.09. The van der Waals surface area contributed by atoms with Crippen molar-refractivity contribution in [1.29, 1.82) is 0 Å². The van der Waals surface area contributed by atoms with Gasteiger partial charge in [0.1, 0.15) is 0 Å². The molecule has 1 unspecified atom stereocenters. The quantitative estimate of drug-likeness (QED) is 0.634. The van der Waals surface area contributed by atoms with Gasteiger partial charge in [0.25, 0.3) is 0 Å². The molecule has 0 fully saturated rings. The number of thioether (sulfide) groups is 1. The molecule has 0 aliphatic heterocycles. The van der Waals surface area contributed by atoms with Crippen molar-refractivity contribution in [3.63, 3.8) is 0 Å². The van der Waals surface area contributed by atoms with Crippen LogP contribution in [0.25, 0.3) is 0 Å². The van der Waals surface area contributed by atoms with Crippen LogP contribution >= 0.6 is 11.8 Å². The standard InChI is InChI=1S/C10H23NOS/c1-4-9(5-2)11-10(6-7-12)8-13-3/h9-12H,4-8H2,1-3H3. The average Bonchev–Trinajstić information content (AvgIpc) is 2.14. The minimum absolute atomic E-state index is 0.290. The van der Waals surface area contributed by atoms with Crippen LogP contribution in [-0.2, 0) is 0 Å². The maximum absolute atomic E-state index is 8.87. The summed E-state index contributed by atoms with van der Waals surface area (Å²) in [6.07, 6.45) is 5.33. The van der Waals surface area contributed by atoms with E-state index < -0.39 is 0 Å². The Morgan fingerprint density at radius 2 is 1.85 bits per heavy atom. The van der Waals surface area contributed by atoms with E-state index in [1.165, 1.54) is 12.8 Å². The topological polar surface area (TPSA) is 32.3 Å². The summed E-state index contributed by atoms with van der Waals surface area (Å²) in [5, 5.41) is 12.4. The fourth-order valence-electron chi connectivity index (χ4n) is 1.43. The minimum atomic E-state index is 0.290. The van der Waals surface area contributed by atoms with E-state index in [2.05, 4.69) is 25.4 Å². The van der Waals surface area contributed by atoms with Crippen LogP contribution < -0.4 is 5.32 Å². The first kappa shape index (κ1) is 13.3. The fourth-order valence-corrected chi connectivity index (χ4v) is 2.09. The highest BCUT2D eigenvalue weighted by atomic mass is 32.2. The number of aliphatic hydroxyl groups is 1. The number of hydrogen-bond donors (Lipinski definition) is 2. The van der Waals surface area contributed by atoms with Crippen LogP contribution in [0.2, 0.25) is 0 Å². The zero-order chi connectivity index (χ0) is 10.1. The van der Waals surface area contributed by atoms with Crippen LogP contribution in [0.1, 0.15) is 33.1 Å². The molecule has 13 heavy (non-hydrogen) atoms. The summed E-state index contributed by atoms with van der Waals surface area (Å²) in [6, 6.07) is 1.09. The molecule has 0 aromatic rings. The van der Waals surface area contributed by atoms with E-state index in [9.17, 15) is 0 Å². The van der Waals surface area contributed by atoms with Crippen LogP contribution in [0.4, 0.5) is 0 Å². The smallest absolute Gasteiger partial charge is 0.0446 e. The molecule has 0 aromatic heterocycles. The predicted molar refractivity (Wildman–Crippen MR) is 61.4 cm³/mol. The van der Waals surface area contributed by atoms with Crippen molar-refractivity contribution < 1.29 is 5.11 Å². The van der Waals surface area contributed by atoms with Gasteiger partial charge in [-0.2, -0.15) is 11.8 Å². The third-order valence-corrected chi connectivity index (χ3v) is 3.04. The van der Waals surface area contributed by atoms with Crippen molar-refractivity contribution >= 4 is 11.8 Å². The summed E-state index contributed by atoms with van der Waals surface area (Å²) >= 11 is 1.84. The van der Waals surface area contributed by atoms with Gasteiger partial charge < -0.3 is 10.4 Å². The molecule has 0 rings (SSSR count). The maximum Gasteiger partial charge on any atom is 0.0446 e. The van der Waals surface area contributed by atoms with Crippen molar-refractivity contribution in [3.05, 3.63) is 0 Å². The predicted octanol–water partition coefficient (Wildman–Crippen LogP) is 1.88. The van der Waals surface area contributed by atoms with Crippen molar-refractivity contribution in [2.24, 2.45) is 0 Å². The molecule has 0 aromatic carbocycles. The summed E-state index contributed by atoms with van der Waals surface area (Å²) in [6.45, 7) is 4.70. The van der Waals surface area contributed by atoms with Crippen molar-refractivity contribution in [1.82, 2.24) is 5.32 Å². The van der Waals surface area contributed by atoms with Crippen molar-refractivity contribution in [2.45, 2.75) is 45.2 Å². The number of aliphatic hydroxyl groups excluding tert-OH is 1. The second kappa shape index (κ2) is 8.85. The average molecular weight is 205 g/mol. The van der Waals surface area contributed by atoms with Gasteiger partial charge in [-0.25, -0.2) is 0 Å². The zero-order valence-corrected chi connectivity index (χ0v) is 9.86. The van der Waals surface area contributed by atoms with Crippen molar-refractivity contribution in [2.75, 3.05) is 18.6 Å². The van der Waals surface area contributed by atoms with Gasteiger partial charge >= 0.3 is 0 Å². The monoisotopic (exact) mass is 205 g/mol. The van der Waals surface area contributed by atoms with Gasteiger partial charge in [-0.3, -0.25) is 0 Å². The Morgan fingerprint density at radius 1 is 1.23 bits per heavy atom. The van der Waals surface area contributed by atoms with Crippen LogP contribution in [0.15, 0.2) is 0 Å². The Kier molecular flexibility index (Phi) is 9.03. The molecule has 0 heterocycles. The van der Waals surface area contributed by atoms with Gasteiger partial charge in [0.05, 0.1) is 0 Å². The van der Waals surface area contributed by atoms with Crippen LogP contribution in [0, 0.1) is 0 Å². The fraction of sp³-hybridized carbons (Fsp3) is 1.00. The Morgan fingerprint density at radius 3 is 2.23 bits per heavy atom. The van der Waals surface area contributed by atoms with E-state index >= 15 is 0 Å². The highest BCUT2D eigenvalue weighted by Crippen LogP contribution is 2.05. The van der Waals surface area contributed by atoms with E-state index in [4.69, 9.17) is 5.11 Å². The molecule has 0 saturated carbocycles. The summed E-state index contributed by atoms with van der Waals surface area (Å²) in [5.41, 5.74) is 0. The highest BCUT2D eigenvalue weighted by molar-refractivity contribution is 7.98. The van der Waals surface area contributed by atoms with E-state index in [1.54, 1.807) is 0 Å². The Balaban J connectivity index is 3.76. The third-order valence-electron chi connectivity index (χ3n) is 2.30. The Hall–Kier alpha value is 0.270. The summed E-state index contributed by atoms with van der Waals surface area (Å²) in [7, 11) is 0. The molecule has 0 bridgehead atoms. The van der Waals surface area contributed by atoms with E-state index in [-0.39, 0.29) is 0 Å². The molecular weight excluding hydrogens is 182 g/mol. The molecule has 3 heteroatoms. The summed E-state index contributed by atoms with van der Waals surface area (Å²) in [4.78, 5) is 0. The number of rotatable bonds is 8. The SMILES string of the molecule is CCC(CC)NC(CCO)CSC. The molecule has 2 N–H and O–H groups in total. The van der Waals surface area contributed by atoms with Gasteiger partial charge in [0, 0.05) is 24.4 Å². The Bertz CT molecular complexity index is 101. The zero-order valence-electron chi connectivity index (χ0n) is 9.05. The largest absolute Gasteiger partial charge is 0.396 e. The molecular formula is C10H23NOS. The van der Waals surface area contributed by atoms with Gasteiger partial charge in [0.15, 0.2) is 0 Å². The second-order valence-corrected chi connectivity index (χ2v) is 4.26. The lowest BCUT2D eigenvalue weighted by molar-refractivity contribution is 0.262. The van der Waals surface area contributed by atoms with E-state index in [0.717, 1.165) is 12.2 Å². The lowest BCUT2D eigenvalue weighted by atomic mass is 10.1. The summed E-state index contributed by atoms with van der Waals surface area (Å²) < 4.78 is 0. The maximum atomic E-state index is 8.87. The van der Waals surface area contributed by atoms with E-state index in [0.29, 0.717) is 18.7 Å². The third kappa shape index (κ3) is 6.36. The molecule has 1 atom stereocenters. The van der Waals surface area contributed by atoms with Gasteiger partial charge in [-0.1, -0.05) is 13.8 Å². The highest BCUT2D eigenvalue weighted by Gasteiger charge is 2.11. The molecule has 0 amide bonds. The molecule has 0 saturated heterocycles. The normalized spacial score (nSPS) is 13.6. The molecule has 0 spiro atoms. The molecule has 0 aliphatic rings. The lowest BCUT2D eigenvalue weighted by Gasteiger charge is -2.23. The van der Waals surface area contributed by atoms with Gasteiger partial charge in [0.2, 0.25) is 0 Å². The first-order valence-electron chi connectivity index (χ1n) is 5.14. The van der Waals surface area contributed by atoms with E-state index in [1.807, 2.05) is 11.8 Å². The number of hydrogen-bond acceptors (Lipinski definition) is 3. The molecule has 0 radical (unpaired) electrons. The van der Waals surface area contributed by atoms with Crippen LogP contribution in [-0.4, -0.2) is 35.8 Å². The molecule has 2 nitrogen and oxygen atoms in total. The number of nitrogens with one attached hydrogen (secondary N) is 1. The van der Waals surface area contributed by atoms with Gasteiger partial charge in [-0.05, 0) is 25.5 Å². The van der Waals surface area contributed by atoms with Gasteiger partial charge in [-0.15, -0.1) is 0 Å². The van der Waals surface area contributed by atoms with Crippen LogP contribution in [0.5, 0.6) is 0 Å². The first-order chi connectivity index (χ1) is 6.28. The Labute approximate surface area is 86.5 Å². The van der Waals surface area contributed by atoms with Crippen LogP contribution in [0.3, 0.4) is 0 Å². The molecule has 0 aliphatic carbocycles. The lowest BCUT2D eigenvalue weighted by Crippen LogP contribution is -2.39. The molecule has 80 valence electrons.